The van der Waals surface area contributed by atoms with Gasteiger partial charge in [0.15, 0.2) is 11.3 Å². The van der Waals surface area contributed by atoms with Gasteiger partial charge in [0.2, 0.25) is 0 Å². The molecular weight excluding hydrogens is 286 g/mol. The number of amides is 3. The molecule has 22 heavy (non-hydrogen) atoms. The lowest BCUT2D eigenvalue weighted by Gasteiger charge is -2.18. The fraction of sp³-hybridized carbons (Fsp3) is 0.267. The van der Waals surface area contributed by atoms with E-state index < -0.39 is 17.5 Å². The third kappa shape index (κ3) is 2.02. The van der Waals surface area contributed by atoms with Crippen LogP contribution in [0.4, 0.5) is 4.79 Å². The first-order chi connectivity index (χ1) is 10.4. The van der Waals surface area contributed by atoms with Crippen molar-refractivity contribution in [2.45, 2.75) is 12.5 Å². The Labute approximate surface area is 126 Å². The van der Waals surface area contributed by atoms with Crippen LogP contribution in [0.25, 0.3) is 0 Å². The van der Waals surface area contributed by atoms with Crippen molar-refractivity contribution < 1.29 is 18.8 Å². The highest BCUT2D eigenvalue weighted by molar-refractivity contribution is 6.10. The normalized spacial score (nSPS) is 21.3. The maximum atomic E-state index is 12.5. The highest BCUT2D eigenvalue weighted by Crippen LogP contribution is 2.29. The largest absolute Gasteiger partial charge is 0.466 e. The summed E-state index contributed by atoms with van der Waals surface area (Å²) in [6.45, 7) is 1.25. The van der Waals surface area contributed by atoms with Crippen LogP contribution in [0.15, 0.2) is 41.1 Å². The van der Waals surface area contributed by atoms with Gasteiger partial charge in [-0.2, -0.15) is 0 Å². The number of aryl methyl sites for hydroxylation is 1. The van der Waals surface area contributed by atoms with Crippen LogP contribution in [0.3, 0.4) is 0 Å². The summed E-state index contributed by atoms with van der Waals surface area (Å²) >= 11 is 0. The predicted octanol–water partition coefficient (Wildman–Crippen LogP) is 1.27. The van der Waals surface area contributed by atoms with Gasteiger partial charge >= 0.3 is 6.03 Å². The van der Waals surface area contributed by atoms with Crippen molar-refractivity contribution in [3.05, 3.63) is 48.2 Å². The van der Waals surface area contributed by atoms with E-state index in [1.807, 2.05) is 0 Å². The summed E-state index contributed by atoms with van der Waals surface area (Å²) in [4.78, 5) is 37.8. The van der Waals surface area contributed by atoms with Gasteiger partial charge in [-0.15, -0.1) is 0 Å². The van der Waals surface area contributed by atoms with Gasteiger partial charge in [0.05, 0.1) is 18.5 Å². The number of carbonyl (C=O) groups excluding carboxylic acids is 3. The Morgan fingerprint density at radius 2 is 2.09 bits per heavy atom. The molecular formula is C15H15N3O4. The van der Waals surface area contributed by atoms with Crippen LogP contribution < -0.4 is 5.32 Å². The molecule has 1 atom stereocenters. The van der Waals surface area contributed by atoms with Gasteiger partial charge in [-0.05, 0) is 31.2 Å². The molecule has 0 spiro atoms. The summed E-state index contributed by atoms with van der Waals surface area (Å²) < 4.78 is 6.88. The number of hydrogen-bond acceptors (Lipinski definition) is 4. The number of carbonyl (C=O) groups is 3. The third-order valence-corrected chi connectivity index (χ3v) is 3.82. The minimum atomic E-state index is -1.28. The summed E-state index contributed by atoms with van der Waals surface area (Å²) in [6.07, 6.45) is 3.16. The molecule has 0 aliphatic carbocycles. The van der Waals surface area contributed by atoms with Crippen LogP contribution in [-0.4, -0.2) is 33.7 Å². The molecule has 7 heteroatoms. The molecule has 1 N–H and O–H groups in total. The Bertz CT molecular complexity index is 747. The van der Waals surface area contributed by atoms with Crippen molar-refractivity contribution in [1.29, 1.82) is 0 Å². The molecule has 114 valence electrons. The average molecular weight is 301 g/mol. The molecule has 0 radical (unpaired) electrons. The maximum Gasteiger partial charge on any atom is 0.325 e. The number of furan rings is 1. The summed E-state index contributed by atoms with van der Waals surface area (Å²) in [5.41, 5.74) is -0.845. The molecule has 1 saturated heterocycles. The maximum absolute atomic E-state index is 12.5. The van der Waals surface area contributed by atoms with Crippen LogP contribution in [0.5, 0.6) is 0 Å². The van der Waals surface area contributed by atoms with Gasteiger partial charge in [0.1, 0.15) is 5.76 Å². The van der Waals surface area contributed by atoms with Gasteiger partial charge in [-0.25, -0.2) is 4.79 Å². The molecule has 1 aliphatic rings. The second-order valence-electron chi connectivity index (χ2n) is 5.35. The second kappa shape index (κ2) is 4.87. The summed E-state index contributed by atoms with van der Waals surface area (Å²) in [7, 11) is 1.73. The Morgan fingerprint density at radius 1 is 1.32 bits per heavy atom. The van der Waals surface area contributed by atoms with Crippen molar-refractivity contribution in [3.8, 4) is 0 Å². The molecule has 0 bridgehead atoms. The average Bonchev–Trinajstić information content (AvgIpc) is 3.17. The van der Waals surface area contributed by atoms with Crippen molar-refractivity contribution in [1.82, 2.24) is 14.8 Å². The molecule has 0 saturated carbocycles. The second-order valence-corrected chi connectivity index (χ2v) is 5.35. The minimum absolute atomic E-state index is 0.306. The number of nitrogens with one attached hydrogen (secondary N) is 1. The molecule has 3 amide bonds. The SMILES string of the molecule is Cn1cccc1C(=O)CN1C(=O)N[C@](C)(c2ccco2)C1=O. The van der Waals surface area contributed by atoms with Gasteiger partial charge in [-0.1, -0.05) is 0 Å². The van der Waals surface area contributed by atoms with Crippen molar-refractivity contribution in [3.63, 3.8) is 0 Å². The van der Waals surface area contributed by atoms with E-state index in [0.717, 1.165) is 4.90 Å². The van der Waals surface area contributed by atoms with Gasteiger partial charge in [0, 0.05) is 13.2 Å². The fourth-order valence-corrected chi connectivity index (χ4v) is 2.55. The summed E-state index contributed by atoms with van der Waals surface area (Å²) in [6, 6.07) is 6.02. The highest BCUT2D eigenvalue weighted by atomic mass is 16.3. The monoisotopic (exact) mass is 301 g/mol. The van der Waals surface area contributed by atoms with E-state index in [2.05, 4.69) is 5.32 Å². The van der Waals surface area contributed by atoms with Crippen LogP contribution in [-0.2, 0) is 17.4 Å². The van der Waals surface area contributed by atoms with E-state index in [9.17, 15) is 14.4 Å². The van der Waals surface area contributed by atoms with E-state index in [4.69, 9.17) is 4.42 Å². The van der Waals surface area contributed by atoms with Crippen molar-refractivity contribution in [2.24, 2.45) is 7.05 Å². The number of hydrogen-bond donors (Lipinski definition) is 1. The van der Waals surface area contributed by atoms with Gasteiger partial charge < -0.3 is 14.3 Å². The van der Waals surface area contributed by atoms with E-state index in [-0.39, 0.29) is 12.3 Å². The first-order valence-electron chi connectivity index (χ1n) is 6.76. The first kappa shape index (κ1) is 14.1. The number of ketones is 1. The zero-order valence-corrected chi connectivity index (χ0v) is 12.2. The standard InChI is InChI=1S/C15H15N3O4/c1-15(12-6-4-8-22-12)13(20)18(14(21)16-15)9-11(19)10-5-3-7-17(10)2/h3-8H,9H2,1-2H3,(H,16,21)/t15-/m1/s1. The zero-order valence-electron chi connectivity index (χ0n) is 12.2. The van der Waals surface area contributed by atoms with Crippen LogP contribution in [0.2, 0.25) is 0 Å². The summed E-state index contributed by atoms with van der Waals surface area (Å²) in [5, 5.41) is 2.58. The quantitative estimate of drug-likeness (QED) is 0.681. The third-order valence-electron chi connectivity index (χ3n) is 3.82. The molecule has 3 heterocycles. The van der Waals surface area contributed by atoms with Gasteiger partial charge in [0.25, 0.3) is 5.91 Å². The fourth-order valence-electron chi connectivity index (χ4n) is 2.55. The Kier molecular flexibility index (Phi) is 3.13. The minimum Gasteiger partial charge on any atom is -0.466 e. The lowest BCUT2D eigenvalue weighted by Crippen LogP contribution is -2.41. The number of Topliss-reactive ketones (excluding diaryl/α,β-unsaturated/α-hetero) is 1. The van der Waals surface area contributed by atoms with Crippen LogP contribution in [0, 0.1) is 0 Å². The molecule has 0 unspecified atom stereocenters. The molecule has 2 aromatic rings. The van der Waals surface area contributed by atoms with E-state index in [1.54, 1.807) is 49.0 Å². The predicted molar refractivity (Wildman–Crippen MR) is 76.0 cm³/mol. The lowest BCUT2D eigenvalue weighted by molar-refractivity contribution is -0.131. The Hall–Kier alpha value is -2.83. The molecule has 3 rings (SSSR count). The molecule has 2 aromatic heterocycles. The number of imide groups is 1. The molecule has 1 fully saturated rings. The van der Waals surface area contributed by atoms with E-state index >= 15 is 0 Å². The number of urea groups is 1. The van der Waals surface area contributed by atoms with Gasteiger partial charge in [-0.3, -0.25) is 14.5 Å². The Balaban J connectivity index is 1.84. The molecule has 0 aromatic carbocycles. The van der Waals surface area contributed by atoms with Crippen LogP contribution >= 0.6 is 0 Å². The zero-order chi connectivity index (χ0) is 15.9. The van der Waals surface area contributed by atoms with Crippen molar-refractivity contribution in [2.75, 3.05) is 6.54 Å². The van der Waals surface area contributed by atoms with Crippen LogP contribution in [0.1, 0.15) is 23.2 Å². The number of aromatic nitrogens is 1. The number of nitrogens with zero attached hydrogens (tertiary/aromatic N) is 2. The molecule has 1 aliphatic heterocycles. The van der Waals surface area contributed by atoms with E-state index in [0.29, 0.717) is 11.5 Å². The topological polar surface area (TPSA) is 84.6 Å². The highest BCUT2D eigenvalue weighted by Gasteiger charge is 2.51. The summed E-state index contributed by atoms with van der Waals surface area (Å²) in [5.74, 6) is -0.477. The smallest absolute Gasteiger partial charge is 0.325 e. The number of rotatable bonds is 4. The Morgan fingerprint density at radius 3 is 2.68 bits per heavy atom. The molecule has 7 nitrogen and oxygen atoms in total. The van der Waals surface area contributed by atoms with Crippen molar-refractivity contribution >= 4 is 17.7 Å². The first-order valence-corrected chi connectivity index (χ1v) is 6.76. The lowest BCUT2D eigenvalue weighted by atomic mass is 9.99. The van der Waals surface area contributed by atoms with E-state index in [1.165, 1.54) is 6.26 Å².